The summed E-state index contributed by atoms with van der Waals surface area (Å²) in [5.74, 6) is 0.983. The number of nitrogens with zero attached hydrogens (tertiary/aromatic N) is 2. The second-order valence-electron chi connectivity index (χ2n) is 7.47. The molecule has 0 aromatic heterocycles. The second-order valence-corrected chi connectivity index (χ2v) is 7.47. The summed E-state index contributed by atoms with van der Waals surface area (Å²) in [5, 5.41) is 15.0. The van der Waals surface area contributed by atoms with Crippen molar-refractivity contribution in [3.05, 3.63) is 29.8 Å². The minimum Gasteiger partial charge on any atom is -0.371 e. The van der Waals surface area contributed by atoms with Gasteiger partial charge in [0.2, 0.25) is 5.91 Å². The van der Waals surface area contributed by atoms with Gasteiger partial charge in [-0.2, -0.15) is 5.26 Å². The van der Waals surface area contributed by atoms with E-state index in [-0.39, 0.29) is 31.0 Å². The lowest BCUT2D eigenvalue weighted by Crippen LogP contribution is -2.47. The molecule has 1 amide bonds. The fourth-order valence-electron chi connectivity index (χ4n) is 4.58. The number of alkyl halides is 1. The number of hydrogen-bond donors (Lipinski definition) is 2. The first kappa shape index (κ1) is 16.3. The van der Waals surface area contributed by atoms with Crippen LogP contribution in [0.15, 0.2) is 24.3 Å². The molecule has 5 nitrogen and oxygen atoms in total. The number of rotatable bonds is 3. The van der Waals surface area contributed by atoms with Crippen molar-refractivity contribution in [2.75, 3.05) is 24.5 Å². The lowest BCUT2D eigenvalue weighted by Gasteiger charge is -2.24. The van der Waals surface area contributed by atoms with Gasteiger partial charge >= 0.3 is 0 Å². The van der Waals surface area contributed by atoms with Crippen LogP contribution in [0.3, 0.4) is 0 Å². The molecule has 0 bridgehead atoms. The number of nitrogens with one attached hydrogen (secondary N) is 2. The Labute approximate surface area is 147 Å². The second kappa shape index (κ2) is 6.64. The standard InChI is InChI=1S/C19H23FN4O/c20-14-7-18(22-9-14)19(25)23-17-6-3-13-10-24(11-16(13)17)15-4-1-12(8-21)2-5-15/h1-2,4-5,13-14,16-18,22H,3,6-7,9-11H2,(H,23,25)/t13-,14?,16+,17+,18+/m1/s1. The third-order valence-electron chi connectivity index (χ3n) is 5.94. The van der Waals surface area contributed by atoms with Crippen molar-refractivity contribution >= 4 is 11.6 Å². The first-order chi connectivity index (χ1) is 12.1. The van der Waals surface area contributed by atoms with Gasteiger partial charge in [-0.05, 0) is 43.0 Å². The summed E-state index contributed by atoms with van der Waals surface area (Å²) in [4.78, 5) is 14.7. The Bertz CT molecular complexity index is 686. The van der Waals surface area contributed by atoms with Gasteiger partial charge in [-0.1, -0.05) is 0 Å². The van der Waals surface area contributed by atoms with Crippen LogP contribution in [0.5, 0.6) is 0 Å². The minimum atomic E-state index is -0.912. The number of benzene rings is 1. The van der Waals surface area contributed by atoms with Gasteiger partial charge in [-0.25, -0.2) is 4.39 Å². The van der Waals surface area contributed by atoms with E-state index < -0.39 is 6.17 Å². The lowest BCUT2D eigenvalue weighted by molar-refractivity contribution is -0.123. The van der Waals surface area contributed by atoms with Crippen molar-refractivity contribution in [1.29, 1.82) is 5.26 Å². The van der Waals surface area contributed by atoms with E-state index in [4.69, 9.17) is 5.26 Å². The fraction of sp³-hybridized carbons (Fsp3) is 0.579. The normalized spacial score (nSPS) is 33.9. The van der Waals surface area contributed by atoms with Crippen molar-refractivity contribution in [1.82, 2.24) is 10.6 Å². The van der Waals surface area contributed by atoms with Gasteiger partial charge in [-0.3, -0.25) is 4.79 Å². The van der Waals surface area contributed by atoms with Gasteiger partial charge in [0, 0.05) is 43.7 Å². The first-order valence-corrected chi connectivity index (χ1v) is 9.07. The first-order valence-electron chi connectivity index (χ1n) is 9.07. The molecular formula is C19H23FN4O. The van der Waals surface area contributed by atoms with E-state index in [1.165, 1.54) is 0 Å². The van der Waals surface area contributed by atoms with E-state index in [0.717, 1.165) is 31.6 Å². The summed E-state index contributed by atoms with van der Waals surface area (Å²) in [7, 11) is 0. The van der Waals surface area contributed by atoms with E-state index in [9.17, 15) is 9.18 Å². The van der Waals surface area contributed by atoms with E-state index in [0.29, 0.717) is 17.4 Å². The number of fused-ring (bicyclic) bond motifs is 1. The lowest BCUT2D eigenvalue weighted by atomic mass is 9.97. The molecule has 2 N–H and O–H groups in total. The van der Waals surface area contributed by atoms with Crippen LogP contribution in [0, 0.1) is 23.2 Å². The highest BCUT2D eigenvalue weighted by molar-refractivity contribution is 5.82. The highest BCUT2D eigenvalue weighted by Gasteiger charge is 2.44. The average molecular weight is 342 g/mol. The number of carbonyl (C=O) groups is 1. The molecule has 132 valence electrons. The van der Waals surface area contributed by atoms with Crippen LogP contribution in [-0.4, -0.2) is 43.8 Å². The zero-order valence-corrected chi connectivity index (χ0v) is 14.1. The molecule has 1 unspecified atom stereocenters. The van der Waals surface area contributed by atoms with E-state index in [1.54, 1.807) is 0 Å². The summed E-state index contributed by atoms with van der Waals surface area (Å²) in [6.07, 6.45) is 1.50. The molecule has 1 aromatic carbocycles. The van der Waals surface area contributed by atoms with Crippen molar-refractivity contribution in [3.8, 4) is 6.07 Å². The monoisotopic (exact) mass is 342 g/mol. The van der Waals surface area contributed by atoms with Crippen LogP contribution in [0.2, 0.25) is 0 Å². The molecule has 5 atom stereocenters. The number of amides is 1. The molecule has 3 fully saturated rings. The van der Waals surface area contributed by atoms with Crippen molar-refractivity contribution in [2.45, 2.75) is 37.5 Å². The number of halogens is 1. The molecule has 3 aliphatic rings. The van der Waals surface area contributed by atoms with Crippen LogP contribution in [0.1, 0.15) is 24.8 Å². The maximum Gasteiger partial charge on any atom is 0.237 e. The van der Waals surface area contributed by atoms with Crippen molar-refractivity contribution in [3.63, 3.8) is 0 Å². The molecular weight excluding hydrogens is 319 g/mol. The van der Waals surface area contributed by atoms with Gasteiger partial charge < -0.3 is 15.5 Å². The quantitative estimate of drug-likeness (QED) is 0.875. The number of carbonyl (C=O) groups excluding carboxylic acids is 1. The van der Waals surface area contributed by atoms with E-state index in [2.05, 4.69) is 21.6 Å². The van der Waals surface area contributed by atoms with Gasteiger partial charge in [0.15, 0.2) is 0 Å². The smallest absolute Gasteiger partial charge is 0.237 e. The van der Waals surface area contributed by atoms with E-state index >= 15 is 0 Å². The highest BCUT2D eigenvalue weighted by Crippen LogP contribution is 2.40. The van der Waals surface area contributed by atoms with Gasteiger partial charge in [0.05, 0.1) is 17.7 Å². The summed E-state index contributed by atoms with van der Waals surface area (Å²) in [6.45, 7) is 2.20. The molecule has 1 saturated carbocycles. The van der Waals surface area contributed by atoms with Crippen molar-refractivity contribution < 1.29 is 9.18 Å². The molecule has 2 saturated heterocycles. The Balaban J connectivity index is 1.38. The molecule has 0 radical (unpaired) electrons. The van der Waals surface area contributed by atoms with Crippen molar-refractivity contribution in [2.24, 2.45) is 11.8 Å². The zero-order chi connectivity index (χ0) is 17.4. The summed E-state index contributed by atoms with van der Waals surface area (Å²) >= 11 is 0. The van der Waals surface area contributed by atoms with Crippen LogP contribution in [0.4, 0.5) is 10.1 Å². The maximum atomic E-state index is 13.3. The Morgan fingerprint density at radius 3 is 2.76 bits per heavy atom. The predicted octanol–water partition coefficient (Wildman–Crippen LogP) is 1.59. The predicted molar refractivity (Wildman–Crippen MR) is 92.8 cm³/mol. The van der Waals surface area contributed by atoms with Gasteiger partial charge in [-0.15, -0.1) is 0 Å². The molecule has 4 rings (SSSR count). The Kier molecular flexibility index (Phi) is 4.34. The van der Waals surface area contributed by atoms with E-state index in [1.807, 2.05) is 24.3 Å². The molecule has 6 heteroatoms. The summed E-state index contributed by atoms with van der Waals surface area (Å²) in [6, 6.07) is 9.63. The SMILES string of the molecule is N#Cc1ccc(N2C[C@H]3CC[C@H](NC(=O)[C@@H]4CC(F)CN4)[C@H]3C2)cc1. The zero-order valence-electron chi connectivity index (χ0n) is 14.1. The number of nitriles is 1. The molecule has 1 aromatic rings. The molecule has 2 heterocycles. The fourth-order valence-corrected chi connectivity index (χ4v) is 4.58. The topological polar surface area (TPSA) is 68.2 Å². The largest absolute Gasteiger partial charge is 0.371 e. The summed E-state index contributed by atoms with van der Waals surface area (Å²) in [5.41, 5.74) is 1.81. The van der Waals surface area contributed by atoms with Gasteiger partial charge in [0.1, 0.15) is 6.17 Å². The maximum absolute atomic E-state index is 13.3. The third kappa shape index (κ3) is 3.21. The minimum absolute atomic E-state index is 0.0531. The average Bonchev–Trinajstić information content (AvgIpc) is 3.32. The molecule has 25 heavy (non-hydrogen) atoms. The molecule has 2 aliphatic heterocycles. The highest BCUT2D eigenvalue weighted by atomic mass is 19.1. The third-order valence-corrected chi connectivity index (χ3v) is 5.94. The number of hydrogen-bond acceptors (Lipinski definition) is 4. The van der Waals surface area contributed by atoms with Gasteiger partial charge in [0.25, 0.3) is 0 Å². The Morgan fingerprint density at radius 2 is 2.08 bits per heavy atom. The van der Waals surface area contributed by atoms with Crippen LogP contribution < -0.4 is 15.5 Å². The van der Waals surface area contributed by atoms with Crippen LogP contribution >= 0.6 is 0 Å². The Morgan fingerprint density at radius 1 is 1.28 bits per heavy atom. The van der Waals surface area contributed by atoms with Crippen LogP contribution in [-0.2, 0) is 4.79 Å². The Hall–Kier alpha value is -2.13. The van der Waals surface area contributed by atoms with Crippen LogP contribution in [0.25, 0.3) is 0 Å². The molecule has 1 aliphatic carbocycles. The number of anilines is 1. The summed E-state index contributed by atoms with van der Waals surface area (Å²) < 4.78 is 13.3. The molecule has 0 spiro atoms.